The standard InChI is InChI=1S/C14H15NO2S/c16-12(9-13-15-6-8-18-13)14-11-4-2-1-3-10(11)5-7-17-14/h1-4,6,8,12,14,16H,5,7,9H2. The molecular weight excluding hydrogens is 246 g/mol. The Bertz CT molecular complexity index is 512. The van der Waals surface area contributed by atoms with E-state index in [9.17, 15) is 5.11 Å². The summed E-state index contributed by atoms with van der Waals surface area (Å²) in [6, 6.07) is 8.19. The van der Waals surface area contributed by atoms with Crippen LogP contribution in [-0.2, 0) is 17.6 Å². The Hall–Kier alpha value is -1.23. The number of hydrogen-bond donors (Lipinski definition) is 1. The van der Waals surface area contributed by atoms with Gasteiger partial charge in [0.25, 0.3) is 0 Å². The molecule has 94 valence electrons. The Kier molecular flexibility index (Phi) is 3.41. The second kappa shape index (κ2) is 5.18. The zero-order chi connectivity index (χ0) is 12.4. The number of thiazole rings is 1. The average Bonchev–Trinajstić information content (AvgIpc) is 2.91. The van der Waals surface area contributed by atoms with Crippen LogP contribution < -0.4 is 0 Å². The predicted molar refractivity (Wildman–Crippen MR) is 70.7 cm³/mol. The third-order valence-electron chi connectivity index (χ3n) is 3.25. The normalized spacial score (nSPS) is 20.4. The van der Waals surface area contributed by atoms with Gasteiger partial charge in [0.1, 0.15) is 6.10 Å². The minimum atomic E-state index is -0.530. The van der Waals surface area contributed by atoms with Gasteiger partial charge >= 0.3 is 0 Å². The maximum absolute atomic E-state index is 10.3. The number of aliphatic hydroxyl groups excluding tert-OH is 1. The highest BCUT2D eigenvalue weighted by Crippen LogP contribution is 2.31. The molecule has 0 fully saturated rings. The topological polar surface area (TPSA) is 42.4 Å². The summed E-state index contributed by atoms with van der Waals surface area (Å²) < 4.78 is 5.74. The van der Waals surface area contributed by atoms with E-state index >= 15 is 0 Å². The van der Waals surface area contributed by atoms with Crippen molar-refractivity contribution in [2.24, 2.45) is 0 Å². The van der Waals surface area contributed by atoms with Gasteiger partial charge in [-0.25, -0.2) is 4.98 Å². The van der Waals surface area contributed by atoms with Crippen molar-refractivity contribution >= 4 is 11.3 Å². The van der Waals surface area contributed by atoms with Gasteiger partial charge in [0.05, 0.1) is 17.7 Å². The highest BCUT2D eigenvalue weighted by atomic mass is 32.1. The zero-order valence-electron chi connectivity index (χ0n) is 9.95. The fourth-order valence-electron chi connectivity index (χ4n) is 2.38. The SMILES string of the molecule is OC(Cc1nccs1)C1OCCc2ccccc21. The van der Waals surface area contributed by atoms with E-state index in [1.54, 1.807) is 17.5 Å². The van der Waals surface area contributed by atoms with Crippen LogP contribution in [0.5, 0.6) is 0 Å². The maximum atomic E-state index is 10.3. The number of aliphatic hydroxyl groups is 1. The first-order chi connectivity index (χ1) is 8.84. The van der Waals surface area contributed by atoms with E-state index in [0.717, 1.165) is 17.0 Å². The largest absolute Gasteiger partial charge is 0.390 e. The molecule has 4 heteroatoms. The highest BCUT2D eigenvalue weighted by molar-refractivity contribution is 7.09. The van der Waals surface area contributed by atoms with Crippen molar-refractivity contribution in [1.82, 2.24) is 4.98 Å². The van der Waals surface area contributed by atoms with Gasteiger partial charge in [-0.1, -0.05) is 24.3 Å². The van der Waals surface area contributed by atoms with E-state index in [1.165, 1.54) is 5.56 Å². The molecule has 3 nitrogen and oxygen atoms in total. The molecule has 3 rings (SSSR count). The lowest BCUT2D eigenvalue weighted by Gasteiger charge is -2.29. The van der Waals surface area contributed by atoms with E-state index in [-0.39, 0.29) is 6.10 Å². The van der Waals surface area contributed by atoms with Gasteiger partial charge in [-0.2, -0.15) is 0 Å². The van der Waals surface area contributed by atoms with Gasteiger partial charge in [0.15, 0.2) is 0 Å². The van der Waals surface area contributed by atoms with Gasteiger partial charge in [0, 0.05) is 18.0 Å². The third kappa shape index (κ3) is 2.32. The van der Waals surface area contributed by atoms with E-state index < -0.39 is 6.10 Å². The molecule has 18 heavy (non-hydrogen) atoms. The molecule has 1 N–H and O–H groups in total. The highest BCUT2D eigenvalue weighted by Gasteiger charge is 2.27. The van der Waals surface area contributed by atoms with Crippen molar-refractivity contribution in [1.29, 1.82) is 0 Å². The summed E-state index contributed by atoms with van der Waals surface area (Å²) in [6.45, 7) is 0.677. The molecule has 0 aliphatic carbocycles. The van der Waals surface area contributed by atoms with Crippen LogP contribution in [0.15, 0.2) is 35.8 Å². The molecule has 0 radical (unpaired) electrons. The first kappa shape index (κ1) is 11.8. The number of rotatable bonds is 3. The molecular formula is C14H15NO2S. The second-order valence-corrected chi connectivity index (χ2v) is 5.42. The van der Waals surface area contributed by atoms with Crippen molar-refractivity contribution in [3.63, 3.8) is 0 Å². The Labute approximate surface area is 110 Å². The van der Waals surface area contributed by atoms with Crippen LogP contribution in [0.1, 0.15) is 22.2 Å². The first-order valence-electron chi connectivity index (χ1n) is 6.10. The monoisotopic (exact) mass is 261 g/mol. The minimum Gasteiger partial charge on any atom is -0.390 e. The van der Waals surface area contributed by atoms with Crippen molar-refractivity contribution in [2.75, 3.05) is 6.61 Å². The molecule has 1 aromatic heterocycles. The zero-order valence-corrected chi connectivity index (χ0v) is 10.8. The Morgan fingerprint density at radius 3 is 3.17 bits per heavy atom. The Balaban J connectivity index is 1.80. The molecule has 0 saturated heterocycles. The molecule has 2 atom stereocenters. The van der Waals surface area contributed by atoms with Crippen LogP contribution in [0.3, 0.4) is 0 Å². The van der Waals surface area contributed by atoms with Crippen molar-refractivity contribution in [2.45, 2.75) is 25.0 Å². The lowest BCUT2D eigenvalue weighted by molar-refractivity contribution is -0.0460. The number of nitrogens with zero attached hydrogens (tertiary/aromatic N) is 1. The predicted octanol–water partition coefficient (Wildman–Crippen LogP) is 2.36. The lowest BCUT2D eigenvalue weighted by Crippen LogP contribution is -2.28. The molecule has 2 aromatic rings. The fourth-order valence-corrected chi connectivity index (χ4v) is 3.05. The second-order valence-electron chi connectivity index (χ2n) is 4.44. The average molecular weight is 261 g/mol. The van der Waals surface area contributed by atoms with Gasteiger partial charge in [0.2, 0.25) is 0 Å². The minimum absolute atomic E-state index is 0.223. The van der Waals surface area contributed by atoms with E-state index in [1.807, 2.05) is 23.6 Å². The molecule has 0 amide bonds. The van der Waals surface area contributed by atoms with Crippen LogP contribution in [-0.4, -0.2) is 22.8 Å². The van der Waals surface area contributed by atoms with Crippen molar-refractivity contribution in [3.05, 3.63) is 52.0 Å². The first-order valence-corrected chi connectivity index (χ1v) is 6.98. The van der Waals surface area contributed by atoms with Gasteiger partial charge in [-0.05, 0) is 17.5 Å². The smallest absolute Gasteiger partial charge is 0.109 e. The van der Waals surface area contributed by atoms with E-state index in [0.29, 0.717) is 13.0 Å². The van der Waals surface area contributed by atoms with E-state index in [2.05, 4.69) is 11.1 Å². The molecule has 2 heterocycles. The molecule has 1 aromatic carbocycles. The summed E-state index contributed by atoms with van der Waals surface area (Å²) in [7, 11) is 0. The third-order valence-corrected chi connectivity index (χ3v) is 4.05. The molecule has 0 spiro atoms. The van der Waals surface area contributed by atoms with Crippen molar-refractivity contribution in [3.8, 4) is 0 Å². The summed E-state index contributed by atoms with van der Waals surface area (Å²) in [6.07, 6.45) is 2.49. The molecule has 1 aliphatic heterocycles. The van der Waals surface area contributed by atoms with Crippen LogP contribution in [0.4, 0.5) is 0 Å². The molecule has 0 bridgehead atoms. The maximum Gasteiger partial charge on any atom is 0.109 e. The van der Waals surface area contributed by atoms with Crippen LogP contribution in [0.2, 0.25) is 0 Å². The number of hydrogen-bond acceptors (Lipinski definition) is 4. The Morgan fingerprint density at radius 2 is 2.33 bits per heavy atom. The van der Waals surface area contributed by atoms with Gasteiger partial charge in [-0.3, -0.25) is 0 Å². The molecule has 1 aliphatic rings. The molecule has 0 saturated carbocycles. The number of fused-ring (bicyclic) bond motifs is 1. The number of benzene rings is 1. The van der Waals surface area contributed by atoms with Gasteiger partial charge in [-0.15, -0.1) is 11.3 Å². The summed E-state index contributed by atoms with van der Waals surface area (Å²) >= 11 is 1.57. The summed E-state index contributed by atoms with van der Waals surface area (Å²) in [5.41, 5.74) is 2.40. The lowest BCUT2D eigenvalue weighted by atomic mass is 9.93. The molecule has 2 unspecified atom stereocenters. The van der Waals surface area contributed by atoms with E-state index in [4.69, 9.17) is 4.74 Å². The van der Waals surface area contributed by atoms with Crippen LogP contribution in [0.25, 0.3) is 0 Å². The van der Waals surface area contributed by atoms with Crippen LogP contribution in [0, 0.1) is 0 Å². The van der Waals surface area contributed by atoms with Gasteiger partial charge < -0.3 is 9.84 Å². The summed E-state index contributed by atoms with van der Waals surface area (Å²) in [5.74, 6) is 0. The van der Waals surface area contributed by atoms with Crippen molar-refractivity contribution < 1.29 is 9.84 Å². The van der Waals surface area contributed by atoms with Crippen LogP contribution >= 0.6 is 11.3 Å². The quantitative estimate of drug-likeness (QED) is 0.922. The Morgan fingerprint density at radius 1 is 1.44 bits per heavy atom. The number of aromatic nitrogens is 1. The fraction of sp³-hybridized carbons (Fsp3) is 0.357. The summed E-state index contributed by atoms with van der Waals surface area (Å²) in [5, 5.41) is 13.2. The summed E-state index contributed by atoms with van der Waals surface area (Å²) in [4.78, 5) is 4.21. The number of ether oxygens (including phenoxy) is 1.